The number of hydrogen-bond acceptors (Lipinski definition) is 3. The summed E-state index contributed by atoms with van der Waals surface area (Å²) in [5.41, 5.74) is 1.15. The van der Waals surface area contributed by atoms with Crippen molar-refractivity contribution in [1.82, 2.24) is 15.1 Å². The van der Waals surface area contributed by atoms with Gasteiger partial charge in [0, 0.05) is 24.1 Å². The topological polar surface area (TPSA) is 59.0 Å². The van der Waals surface area contributed by atoms with E-state index in [1.54, 1.807) is 24.3 Å². The van der Waals surface area contributed by atoms with Crippen LogP contribution in [0.25, 0.3) is 0 Å². The van der Waals surface area contributed by atoms with Crippen molar-refractivity contribution in [2.45, 2.75) is 31.2 Å². The Labute approximate surface area is 180 Å². The Morgan fingerprint density at radius 3 is 2.48 bits per heavy atom. The third kappa shape index (κ3) is 4.66. The zero-order chi connectivity index (χ0) is 22.2. The van der Waals surface area contributed by atoms with Crippen molar-refractivity contribution in [3.8, 4) is 0 Å². The van der Waals surface area contributed by atoms with E-state index in [4.69, 9.17) is 11.6 Å². The van der Waals surface area contributed by atoms with Gasteiger partial charge in [-0.25, -0.2) is 9.07 Å². The van der Waals surface area contributed by atoms with Gasteiger partial charge in [0.25, 0.3) is 5.91 Å². The average molecular weight is 453 g/mol. The predicted octanol–water partition coefficient (Wildman–Crippen LogP) is 5.27. The fourth-order valence-corrected chi connectivity index (χ4v) is 3.60. The first-order valence-electron chi connectivity index (χ1n) is 9.41. The summed E-state index contributed by atoms with van der Waals surface area (Å²) in [6.45, 7) is 0.0881. The van der Waals surface area contributed by atoms with Gasteiger partial charge in [0.05, 0.1) is 6.04 Å². The molecule has 0 spiro atoms. The molecule has 0 bridgehead atoms. The number of benzene rings is 2. The van der Waals surface area contributed by atoms with Crippen LogP contribution in [0.2, 0.25) is 5.02 Å². The van der Waals surface area contributed by atoms with Gasteiger partial charge < -0.3 is 10.6 Å². The van der Waals surface area contributed by atoms with Gasteiger partial charge in [-0.3, -0.25) is 4.79 Å². The largest absolute Gasteiger partial charge is 0.410 e. The zero-order valence-electron chi connectivity index (χ0n) is 16.0. The van der Waals surface area contributed by atoms with E-state index in [2.05, 4.69) is 15.7 Å². The number of hydrogen-bond donors (Lipinski definition) is 2. The van der Waals surface area contributed by atoms with Gasteiger partial charge in [-0.15, -0.1) is 0 Å². The van der Waals surface area contributed by atoms with E-state index in [1.807, 2.05) is 0 Å². The van der Waals surface area contributed by atoms with Crippen LogP contribution in [0.5, 0.6) is 0 Å². The first kappa shape index (κ1) is 21.2. The molecule has 4 rings (SSSR count). The lowest BCUT2D eigenvalue weighted by molar-refractivity contribution is -0.173. The molecule has 2 atom stereocenters. The molecular weight excluding hydrogens is 436 g/mol. The summed E-state index contributed by atoms with van der Waals surface area (Å²) in [6.07, 6.45) is -4.83. The van der Waals surface area contributed by atoms with Crippen molar-refractivity contribution in [3.05, 3.63) is 82.3 Å². The van der Waals surface area contributed by atoms with Crippen molar-refractivity contribution in [2.75, 3.05) is 5.32 Å². The molecule has 2 N–H and O–H groups in total. The highest BCUT2D eigenvalue weighted by atomic mass is 35.5. The molecule has 5 nitrogen and oxygen atoms in total. The smallest absolute Gasteiger partial charge is 0.363 e. The molecule has 0 radical (unpaired) electrons. The van der Waals surface area contributed by atoms with Gasteiger partial charge >= 0.3 is 6.18 Å². The summed E-state index contributed by atoms with van der Waals surface area (Å²) in [4.78, 5) is 12.5. The molecule has 1 amide bonds. The van der Waals surface area contributed by atoms with E-state index >= 15 is 0 Å². The van der Waals surface area contributed by atoms with Gasteiger partial charge in [-0.2, -0.15) is 18.3 Å². The minimum atomic E-state index is -4.55. The molecule has 2 heterocycles. The van der Waals surface area contributed by atoms with E-state index in [9.17, 15) is 22.4 Å². The van der Waals surface area contributed by atoms with E-state index in [-0.39, 0.29) is 24.5 Å². The Hall–Kier alpha value is -3.07. The quantitative estimate of drug-likeness (QED) is 0.530. The second-order valence-electron chi connectivity index (χ2n) is 7.21. The predicted molar refractivity (Wildman–Crippen MR) is 107 cm³/mol. The maximum Gasteiger partial charge on any atom is 0.410 e. The molecule has 162 valence electrons. The molecular formula is C21H17ClF4N4O. The number of nitrogens with zero attached hydrogens (tertiary/aromatic N) is 2. The van der Waals surface area contributed by atoms with E-state index in [0.29, 0.717) is 16.1 Å². The van der Waals surface area contributed by atoms with Crippen LogP contribution in [-0.4, -0.2) is 21.9 Å². The minimum Gasteiger partial charge on any atom is -0.363 e. The molecule has 3 aromatic rings. The highest BCUT2D eigenvalue weighted by molar-refractivity contribution is 6.30. The Morgan fingerprint density at radius 1 is 1.16 bits per heavy atom. The van der Waals surface area contributed by atoms with Crippen LogP contribution in [0.15, 0.2) is 54.6 Å². The maximum absolute atomic E-state index is 13.7. The number of alkyl halides is 3. The summed E-state index contributed by atoms with van der Waals surface area (Å²) in [5.74, 6) is -0.936. The molecule has 0 aliphatic carbocycles. The van der Waals surface area contributed by atoms with Crippen LogP contribution < -0.4 is 10.6 Å². The molecule has 0 fully saturated rings. The van der Waals surface area contributed by atoms with Crippen LogP contribution in [0.3, 0.4) is 0 Å². The highest BCUT2D eigenvalue weighted by Crippen LogP contribution is 2.43. The monoisotopic (exact) mass is 452 g/mol. The van der Waals surface area contributed by atoms with E-state index in [0.717, 1.165) is 4.68 Å². The van der Waals surface area contributed by atoms with Crippen LogP contribution in [0, 0.1) is 5.82 Å². The van der Waals surface area contributed by atoms with Crippen LogP contribution in [0.4, 0.5) is 23.4 Å². The Bertz CT molecular complexity index is 1080. The normalized spacial score (nSPS) is 18.2. The Kier molecular flexibility index (Phi) is 5.62. The third-order valence-corrected chi connectivity index (χ3v) is 5.31. The first-order valence-corrected chi connectivity index (χ1v) is 9.79. The summed E-state index contributed by atoms with van der Waals surface area (Å²) in [7, 11) is 0. The Balaban J connectivity index is 1.56. The molecule has 0 saturated heterocycles. The number of amides is 1. The van der Waals surface area contributed by atoms with Crippen LogP contribution in [-0.2, 0) is 6.54 Å². The first-order chi connectivity index (χ1) is 14.7. The number of nitrogens with one attached hydrogen (secondary N) is 2. The lowest BCUT2D eigenvalue weighted by Gasteiger charge is -2.33. The summed E-state index contributed by atoms with van der Waals surface area (Å²) in [5, 5.41) is 10.0. The summed E-state index contributed by atoms with van der Waals surface area (Å²) < 4.78 is 55.0. The van der Waals surface area contributed by atoms with Gasteiger partial charge in [0.15, 0.2) is 11.7 Å². The second kappa shape index (κ2) is 8.22. The SMILES string of the molecule is O=C(NCc1ccc(F)cc1)c1cc2n(n1)C(C(F)(F)F)CC(c1ccc(Cl)cc1)N2. The molecule has 1 aliphatic rings. The van der Waals surface area contributed by atoms with Crippen molar-refractivity contribution in [3.63, 3.8) is 0 Å². The van der Waals surface area contributed by atoms with Crippen molar-refractivity contribution in [2.24, 2.45) is 0 Å². The number of carbonyl (C=O) groups excluding carboxylic acids is 1. The third-order valence-electron chi connectivity index (χ3n) is 5.06. The number of rotatable bonds is 4. The molecule has 2 aromatic carbocycles. The fraction of sp³-hybridized carbons (Fsp3) is 0.238. The molecule has 10 heteroatoms. The average Bonchev–Trinajstić information content (AvgIpc) is 3.16. The molecule has 2 unspecified atom stereocenters. The van der Waals surface area contributed by atoms with Crippen LogP contribution in [0.1, 0.15) is 40.1 Å². The highest BCUT2D eigenvalue weighted by Gasteiger charge is 2.46. The maximum atomic E-state index is 13.7. The van der Waals surface area contributed by atoms with E-state index in [1.165, 1.54) is 30.3 Å². The summed E-state index contributed by atoms with van der Waals surface area (Å²) in [6, 6.07) is 10.9. The molecule has 0 saturated carbocycles. The standard InChI is InChI=1S/C21H17ClF4N4O/c22-14-5-3-13(4-6-14)16-9-18(21(24,25)26)30-19(28-16)10-17(29-30)20(31)27-11-12-1-7-15(23)8-2-12/h1-8,10,16,18,28H,9,11H2,(H,27,31). The van der Waals surface area contributed by atoms with Crippen LogP contribution >= 0.6 is 11.6 Å². The lowest BCUT2D eigenvalue weighted by Crippen LogP contribution is -2.35. The molecule has 1 aromatic heterocycles. The van der Waals surface area contributed by atoms with Crippen molar-refractivity contribution < 1.29 is 22.4 Å². The van der Waals surface area contributed by atoms with Gasteiger partial charge in [0.2, 0.25) is 0 Å². The van der Waals surface area contributed by atoms with Crippen molar-refractivity contribution in [1.29, 1.82) is 0 Å². The Morgan fingerprint density at radius 2 is 1.84 bits per heavy atom. The fourth-order valence-electron chi connectivity index (χ4n) is 3.47. The molecule has 1 aliphatic heterocycles. The second-order valence-corrected chi connectivity index (χ2v) is 7.65. The van der Waals surface area contributed by atoms with Gasteiger partial charge in [-0.05, 0) is 35.4 Å². The van der Waals surface area contributed by atoms with Gasteiger partial charge in [-0.1, -0.05) is 35.9 Å². The zero-order valence-corrected chi connectivity index (χ0v) is 16.7. The number of carbonyl (C=O) groups is 1. The van der Waals surface area contributed by atoms with Gasteiger partial charge in [0.1, 0.15) is 11.6 Å². The summed E-state index contributed by atoms with van der Waals surface area (Å²) >= 11 is 5.88. The molecule has 31 heavy (non-hydrogen) atoms. The number of aromatic nitrogens is 2. The number of fused-ring (bicyclic) bond motifs is 1. The number of halogens is 5. The van der Waals surface area contributed by atoms with Crippen molar-refractivity contribution >= 4 is 23.3 Å². The number of anilines is 1. The van der Waals surface area contributed by atoms with E-state index < -0.39 is 30.0 Å². The minimum absolute atomic E-state index is 0.0881. The lowest BCUT2D eigenvalue weighted by atomic mass is 9.97.